The largest absolute Gasteiger partial charge is 0.287 e. The highest BCUT2D eigenvalue weighted by atomic mass is 35.5. The van der Waals surface area contributed by atoms with E-state index in [1.165, 1.54) is 24.3 Å². The summed E-state index contributed by atoms with van der Waals surface area (Å²) < 4.78 is 35.6. The van der Waals surface area contributed by atoms with Crippen LogP contribution in [0, 0.1) is 0 Å². The second kappa shape index (κ2) is 4.21. The number of halogens is 1. The van der Waals surface area contributed by atoms with Gasteiger partial charge in [0.05, 0.1) is 4.90 Å². The van der Waals surface area contributed by atoms with Crippen molar-refractivity contribution >= 4 is 29.2 Å². The molecular formula is C6H9ClN3O3PS. The summed E-state index contributed by atoms with van der Waals surface area (Å²) in [4.78, 5) is -0.147. The zero-order valence-electron chi connectivity index (χ0n) is 7.42. The standard InChI is InChI=1S/C6H9ClN3O3PS/c7-5-2-1-3-6(4-5)15(12,13)10-14(8,9)11/h1-4H,(H5,8,9,10,11). The number of hydrogen-bond donors (Lipinski definition) is 3. The Morgan fingerprint density at radius 1 is 1.33 bits per heavy atom. The molecule has 0 aliphatic carbocycles. The van der Waals surface area contributed by atoms with Gasteiger partial charge in [0, 0.05) is 5.02 Å². The molecule has 0 unspecified atom stereocenters. The summed E-state index contributed by atoms with van der Waals surface area (Å²) in [5, 5.41) is 0.238. The van der Waals surface area contributed by atoms with Crippen LogP contribution in [-0.2, 0) is 14.6 Å². The first-order valence-corrected chi connectivity index (χ1v) is 7.38. The van der Waals surface area contributed by atoms with Crippen LogP contribution in [0.25, 0.3) is 0 Å². The van der Waals surface area contributed by atoms with Gasteiger partial charge in [-0.2, -0.15) is 0 Å². The quantitative estimate of drug-likeness (QED) is 0.697. The van der Waals surface area contributed by atoms with Gasteiger partial charge in [0.25, 0.3) is 7.59 Å². The SMILES string of the molecule is NP(N)(=O)NS(=O)(=O)c1cccc(Cl)c1. The first-order valence-electron chi connectivity index (χ1n) is 3.67. The van der Waals surface area contributed by atoms with Crippen molar-refractivity contribution in [3.63, 3.8) is 0 Å². The molecule has 0 saturated carbocycles. The Bertz CT molecular complexity index is 512. The number of rotatable bonds is 3. The smallest absolute Gasteiger partial charge is 0.270 e. The third kappa shape index (κ3) is 3.90. The van der Waals surface area contributed by atoms with Gasteiger partial charge in [-0.25, -0.2) is 8.42 Å². The zero-order chi connectivity index (χ0) is 11.7. The van der Waals surface area contributed by atoms with Crippen molar-refractivity contribution in [2.45, 2.75) is 4.90 Å². The lowest BCUT2D eigenvalue weighted by molar-refractivity contribution is 0.567. The second-order valence-corrected chi connectivity index (χ2v) is 6.83. The minimum Gasteiger partial charge on any atom is -0.270 e. The van der Waals surface area contributed by atoms with Gasteiger partial charge >= 0.3 is 0 Å². The first kappa shape index (κ1) is 12.6. The second-order valence-electron chi connectivity index (χ2n) is 2.76. The van der Waals surface area contributed by atoms with E-state index in [1.807, 2.05) is 0 Å². The predicted molar refractivity (Wildman–Crippen MR) is 57.8 cm³/mol. The summed E-state index contributed by atoms with van der Waals surface area (Å²) in [6.07, 6.45) is 0. The molecule has 0 bridgehead atoms. The molecule has 9 heteroatoms. The maximum absolute atomic E-state index is 11.5. The molecule has 1 aromatic rings. The Hall–Kier alpha value is -0.430. The average molecular weight is 270 g/mol. The average Bonchev–Trinajstić information content (AvgIpc) is 1.99. The molecule has 0 heterocycles. The van der Waals surface area contributed by atoms with E-state index in [4.69, 9.17) is 22.6 Å². The van der Waals surface area contributed by atoms with Crippen molar-refractivity contribution in [2.24, 2.45) is 11.0 Å². The van der Waals surface area contributed by atoms with Gasteiger partial charge in [-0.1, -0.05) is 17.7 Å². The lowest BCUT2D eigenvalue weighted by Crippen LogP contribution is -2.28. The summed E-state index contributed by atoms with van der Waals surface area (Å²) in [5.41, 5.74) is 9.81. The lowest BCUT2D eigenvalue weighted by Gasteiger charge is -2.09. The summed E-state index contributed by atoms with van der Waals surface area (Å²) in [7, 11) is -7.84. The topological polar surface area (TPSA) is 115 Å². The molecule has 0 radical (unpaired) electrons. The molecule has 0 amide bonds. The molecule has 6 nitrogen and oxygen atoms in total. The summed E-state index contributed by atoms with van der Waals surface area (Å²) in [5.74, 6) is 0. The van der Waals surface area contributed by atoms with Crippen LogP contribution in [0.5, 0.6) is 0 Å². The monoisotopic (exact) mass is 269 g/mol. The fraction of sp³-hybridized carbons (Fsp3) is 0. The number of nitrogens with two attached hydrogens (primary N) is 2. The predicted octanol–water partition coefficient (Wildman–Crippen LogP) is 0.644. The number of hydrogen-bond acceptors (Lipinski definition) is 3. The maximum Gasteiger partial charge on any atom is 0.287 e. The van der Waals surface area contributed by atoms with Crippen molar-refractivity contribution in [1.82, 2.24) is 4.49 Å². The Balaban J connectivity index is 3.13. The first-order chi connectivity index (χ1) is 6.71. The Morgan fingerprint density at radius 3 is 2.40 bits per heavy atom. The molecule has 0 fully saturated rings. The van der Waals surface area contributed by atoms with Crippen LogP contribution < -0.4 is 15.5 Å². The lowest BCUT2D eigenvalue weighted by atomic mass is 10.4. The van der Waals surface area contributed by atoms with E-state index in [2.05, 4.69) is 0 Å². The Labute approximate surface area is 92.2 Å². The Morgan fingerprint density at radius 2 is 1.93 bits per heavy atom. The van der Waals surface area contributed by atoms with Gasteiger partial charge in [0.1, 0.15) is 0 Å². The van der Waals surface area contributed by atoms with Crippen molar-refractivity contribution in [2.75, 3.05) is 0 Å². The third-order valence-corrected chi connectivity index (χ3v) is 4.58. The fourth-order valence-corrected chi connectivity index (χ4v) is 3.59. The van der Waals surface area contributed by atoms with Crippen LogP contribution in [-0.4, -0.2) is 8.42 Å². The molecule has 0 aromatic heterocycles. The van der Waals surface area contributed by atoms with Gasteiger partial charge in [-0.3, -0.25) is 15.6 Å². The van der Waals surface area contributed by atoms with Gasteiger partial charge in [-0.15, -0.1) is 4.49 Å². The summed E-state index contributed by atoms with van der Waals surface area (Å²) >= 11 is 5.60. The maximum atomic E-state index is 11.5. The fourth-order valence-electron chi connectivity index (χ4n) is 0.875. The van der Waals surface area contributed by atoms with Gasteiger partial charge in [-0.05, 0) is 18.2 Å². The molecule has 84 valence electrons. The number of nitrogens with one attached hydrogen (secondary N) is 1. The number of sulfonamides is 1. The van der Waals surface area contributed by atoms with Crippen LogP contribution in [0.4, 0.5) is 0 Å². The van der Waals surface area contributed by atoms with E-state index in [9.17, 15) is 13.0 Å². The highest BCUT2D eigenvalue weighted by molar-refractivity contribution is 7.95. The minimum absolute atomic E-state index is 0.147. The summed E-state index contributed by atoms with van der Waals surface area (Å²) in [6.45, 7) is 0. The van der Waals surface area contributed by atoms with Gasteiger partial charge in [0.15, 0.2) is 0 Å². The summed E-state index contributed by atoms with van der Waals surface area (Å²) in [6, 6.07) is 5.42. The molecule has 1 aromatic carbocycles. The molecular weight excluding hydrogens is 261 g/mol. The van der Waals surface area contributed by atoms with Crippen LogP contribution in [0.1, 0.15) is 0 Å². The number of benzene rings is 1. The highest BCUT2D eigenvalue weighted by Crippen LogP contribution is 2.24. The van der Waals surface area contributed by atoms with Crippen LogP contribution in [0.2, 0.25) is 5.02 Å². The van der Waals surface area contributed by atoms with E-state index >= 15 is 0 Å². The molecule has 0 aliphatic rings. The van der Waals surface area contributed by atoms with Crippen molar-refractivity contribution < 1.29 is 13.0 Å². The minimum atomic E-state index is -3.99. The van der Waals surface area contributed by atoms with E-state index in [1.54, 1.807) is 4.49 Å². The van der Waals surface area contributed by atoms with E-state index in [0.717, 1.165) is 0 Å². The molecule has 1 rings (SSSR count). The van der Waals surface area contributed by atoms with Crippen LogP contribution in [0.3, 0.4) is 0 Å². The third-order valence-electron chi connectivity index (χ3n) is 1.37. The highest BCUT2D eigenvalue weighted by Gasteiger charge is 2.21. The molecule has 0 spiro atoms. The van der Waals surface area contributed by atoms with Crippen molar-refractivity contribution in [3.8, 4) is 0 Å². The molecule has 0 atom stereocenters. The van der Waals surface area contributed by atoms with Crippen molar-refractivity contribution in [1.29, 1.82) is 0 Å². The molecule has 15 heavy (non-hydrogen) atoms. The zero-order valence-corrected chi connectivity index (χ0v) is 9.89. The van der Waals surface area contributed by atoms with E-state index in [-0.39, 0.29) is 9.92 Å². The van der Waals surface area contributed by atoms with Crippen LogP contribution in [0.15, 0.2) is 29.2 Å². The van der Waals surface area contributed by atoms with Crippen molar-refractivity contribution in [3.05, 3.63) is 29.3 Å². The normalized spacial score (nSPS) is 12.7. The van der Waals surface area contributed by atoms with Crippen LogP contribution >= 0.6 is 19.2 Å². The van der Waals surface area contributed by atoms with E-state index in [0.29, 0.717) is 0 Å². The van der Waals surface area contributed by atoms with Gasteiger partial charge < -0.3 is 0 Å². The van der Waals surface area contributed by atoms with E-state index < -0.39 is 17.6 Å². The molecule has 5 N–H and O–H groups in total. The van der Waals surface area contributed by atoms with Gasteiger partial charge in [0.2, 0.25) is 10.0 Å². The molecule has 0 saturated heterocycles. The molecule has 0 aliphatic heterocycles. The Kier molecular flexibility index (Phi) is 3.55.